The molecular weight excluding hydrogens is 1000 g/mol. The minimum atomic E-state index is -0.567. The molecule has 7 nitrogen and oxygen atoms in total. The van der Waals surface area contributed by atoms with Gasteiger partial charge in [-0.05, 0) is 17.0 Å². The van der Waals surface area contributed by atoms with Gasteiger partial charge >= 0.3 is 315 Å². The molecule has 0 saturated carbocycles. The van der Waals surface area contributed by atoms with Crippen LogP contribution in [-0.2, 0) is 24.8 Å². The topological polar surface area (TPSA) is 53.0 Å². The average Bonchev–Trinajstić information content (AvgIpc) is 4.19. The number of fused-ring (bicyclic) bond motifs is 4. The van der Waals surface area contributed by atoms with Gasteiger partial charge in [0, 0.05) is 11.8 Å². The second-order valence-electron chi connectivity index (χ2n) is 17.2. The van der Waals surface area contributed by atoms with E-state index in [2.05, 4.69) is 98.9 Å². The summed E-state index contributed by atoms with van der Waals surface area (Å²) in [4.78, 5) is 7.18. The van der Waals surface area contributed by atoms with Gasteiger partial charge in [0.15, 0.2) is 0 Å². The first-order chi connectivity index (χ1) is 36.9. The number of rotatable bonds is 10. The molecule has 0 N–H and O–H groups in total. The van der Waals surface area contributed by atoms with Gasteiger partial charge in [0.2, 0.25) is 0 Å². The van der Waals surface area contributed by atoms with E-state index in [9.17, 15) is 0 Å². The Morgan fingerprint density at radius 1 is 0.672 bits per heavy atom. The fourth-order valence-electron chi connectivity index (χ4n) is 8.80. The summed E-state index contributed by atoms with van der Waals surface area (Å²) in [7, 11) is 0. The first kappa shape index (κ1) is 32.4. The van der Waals surface area contributed by atoms with Gasteiger partial charge < -0.3 is 0 Å². The molecule has 0 fully saturated rings. The van der Waals surface area contributed by atoms with Crippen molar-refractivity contribution < 1.29 is 37.8 Å². The summed E-state index contributed by atoms with van der Waals surface area (Å²) >= 11 is 2.15. The van der Waals surface area contributed by atoms with E-state index in [1.807, 2.05) is 82.1 Å². The summed E-state index contributed by atoms with van der Waals surface area (Å²) in [6.07, 6.45) is 3.49. The fraction of sp³-hybridized carbons (Fsp3) is 0.121. The Kier molecular flexibility index (Phi) is 8.47. The molecule has 7 aromatic carbocycles. The van der Waals surface area contributed by atoms with E-state index in [1.54, 1.807) is 24.3 Å². The average molecular weight is 1060 g/mol. The second-order valence-corrected chi connectivity index (χ2v) is 18.2. The number of nitrogens with zero attached hydrogens (tertiary/aromatic N) is 6. The van der Waals surface area contributed by atoms with E-state index in [-0.39, 0.29) is 40.3 Å². The number of hydrogen-bond donors (Lipinski definition) is 0. The van der Waals surface area contributed by atoms with Gasteiger partial charge in [0.05, 0.1) is 5.69 Å². The third kappa shape index (κ3) is 7.79. The number of imidazole rings is 1. The van der Waals surface area contributed by atoms with Crippen LogP contribution < -0.4 is 9.55 Å². The molecule has 0 spiro atoms. The Morgan fingerprint density at radius 3 is 2.01 bits per heavy atom. The molecule has 330 valence electrons. The van der Waals surface area contributed by atoms with Crippen LogP contribution in [-0.4, -0.2) is 30.8 Å². The molecule has 4 heterocycles. The summed E-state index contributed by atoms with van der Waals surface area (Å²) in [5.41, 5.74) is 7.63. The zero-order valence-corrected chi connectivity index (χ0v) is 39.3. The van der Waals surface area contributed by atoms with Crippen molar-refractivity contribution in [2.24, 2.45) is 0 Å². The summed E-state index contributed by atoms with van der Waals surface area (Å²) in [5, 5.41) is 5.24. The molecule has 0 saturated heterocycles. The normalized spacial score (nSPS) is 14.4. The van der Waals surface area contributed by atoms with Crippen LogP contribution in [0.1, 0.15) is 53.4 Å². The summed E-state index contributed by atoms with van der Waals surface area (Å²) in [6, 6.07) is 40.2. The zero-order valence-electron chi connectivity index (χ0n) is 47.0. The number of benzene rings is 7. The number of aromatic nitrogens is 5. The van der Waals surface area contributed by atoms with Crippen LogP contribution in [0.2, 0.25) is 6.32 Å². The monoisotopic (exact) mass is 1060 g/mol. The zero-order chi connectivity index (χ0) is 54.4. The molecule has 1 aliphatic heterocycles. The van der Waals surface area contributed by atoms with Crippen molar-refractivity contribution in [3.63, 3.8) is 0 Å². The van der Waals surface area contributed by atoms with Gasteiger partial charge in [-0.25, -0.2) is 0 Å². The summed E-state index contributed by atoms with van der Waals surface area (Å²) in [6.45, 7) is 8.47. The van der Waals surface area contributed by atoms with Gasteiger partial charge in [-0.2, -0.15) is 5.10 Å². The van der Waals surface area contributed by atoms with Gasteiger partial charge in [-0.1, -0.05) is 64.4 Å². The van der Waals surface area contributed by atoms with Gasteiger partial charge in [-0.3, -0.25) is 0 Å². The van der Waals surface area contributed by atoms with Crippen molar-refractivity contribution in [1.29, 1.82) is 0 Å². The van der Waals surface area contributed by atoms with Crippen molar-refractivity contribution in [2.45, 2.75) is 45.9 Å². The standard InChI is InChI=1S/C58H47BN6O.Pt/c1-5-34-59-64(56-36-44(33-35-60-56)58(2,3)4)54-38-47(31-32-50(54)55-39-51(61-65(55)59)43-23-13-8-14-24-43)66-46-26-17-25-45(37-46)62-40-63(53-30-16-15-29-52(53)62)57-48(41-19-9-6-10-20-41)27-18-28-49(57)42-21-11-7-12-22-42;/h6-33,35-36,39H,5,34H2,1-4H3;/q-2;/i6D,7D,9D,10D,11D,12D,19D,20D,21D,22D;. The van der Waals surface area contributed by atoms with E-state index in [0.717, 1.165) is 52.3 Å². The van der Waals surface area contributed by atoms with Crippen molar-refractivity contribution in [2.75, 3.05) is 4.81 Å². The van der Waals surface area contributed by atoms with E-state index in [4.69, 9.17) is 28.5 Å². The van der Waals surface area contributed by atoms with Gasteiger partial charge in [-0.15, -0.1) is 0 Å². The predicted molar refractivity (Wildman–Crippen MR) is 269 cm³/mol. The van der Waals surface area contributed by atoms with Gasteiger partial charge in [0.1, 0.15) is 0 Å². The molecule has 3 aromatic heterocycles. The Hall–Kier alpha value is -7.28. The van der Waals surface area contributed by atoms with Crippen LogP contribution in [0.3, 0.4) is 0 Å². The molecule has 0 unspecified atom stereocenters. The molecule has 10 aromatic rings. The van der Waals surface area contributed by atoms with Crippen LogP contribution in [0.25, 0.3) is 67.2 Å². The van der Waals surface area contributed by atoms with E-state index >= 15 is 0 Å². The van der Waals surface area contributed by atoms with Crippen molar-refractivity contribution in [1.82, 2.24) is 23.8 Å². The molecule has 1 aliphatic rings. The first-order valence-electron chi connectivity index (χ1n) is 27.0. The van der Waals surface area contributed by atoms with Crippen LogP contribution in [0, 0.1) is 15.9 Å². The Bertz CT molecular complexity index is 3950. The predicted octanol–water partition coefficient (Wildman–Crippen LogP) is 14.3. The van der Waals surface area contributed by atoms with Crippen molar-refractivity contribution >= 4 is 29.5 Å². The third-order valence-electron chi connectivity index (χ3n) is 11.9. The molecule has 67 heavy (non-hydrogen) atoms. The maximum atomic E-state index is 9.11. The Labute approximate surface area is 417 Å². The minimum absolute atomic E-state index is 0.123. The van der Waals surface area contributed by atoms with E-state index < -0.39 is 60.4 Å². The van der Waals surface area contributed by atoms with E-state index in [1.165, 1.54) is 0 Å². The maximum absolute atomic E-state index is 9.11. The number of ether oxygens (including phenoxy) is 1. The first-order valence-corrected chi connectivity index (χ1v) is 23.2. The summed E-state index contributed by atoms with van der Waals surface area (Å²) < 4.78 is 101. The molecule has 0 amide bonds. The Morgan fingerprint density at radius 2 is 1.33 bits per heavy atom. The molecular formula is C58H47BN6OPt-2. The molecule has 0 bridgehead atoms. The second kappa shape index (κ2) is 17.5. The van der Waals surface area contributed by atoms with Crippen LogP contribution in [0.15, 0.2) is 188 Å². The molecule has 9 heteroatoms. The molecule has 0 atom stereocenters. The molecule has 0 aliphatic carbocycles. The summed E-state index contributed by atoms with van der Waals surface area (Å²) in [5.74, 6) is 1.56. The quantitative estimate of drug-likeness (QED) is 0.101. The number of pyridine rings is 1. The van der Waals surface area contributed by atoms with Crippen LogP contribution in [0.5, 0.6) is 11.5 Å². The van der Waals surface area contributed by atoms with Crippen LogP contribution >= 0.6 is 0 Å². The number of anilines is 2. The molecule has 11 rings (SSSR count). The number of hydrogen-bond acceptors (Lipinski definition) is 4. The third-order valence-corrected chi connectivity index (χ3v) is 12.9. The van der Waals surface area contributed by atoms with Crippen LogP contribution in [0.4, 0.5) is 11.5 Å². The number of para-hydroxylation sites is 3. The van der Waals surface area contributed by atoms with Crippen molar-refractivity contribution in [3.8, 4) is 67.6 Å². The van der Waals surface area contributed by atoms with E-state index in [0.29, 0.717) is 32.0 Å². The van der Waals surface area contributed by atoms with Gasteiger partial charge in [0.25, 0.3) is 0 Å². The molecule has 0 radical (unpaired) electrons. The Balaban J connectivity index is 1.08. The SMILES string of the molecule is [2H]c1c([2H])c([2H])c(-c2cccc(-c3c([2H])c([2H])c([2H])c([2H])c3[2H])c2-n2[c](=[Pt])n(-c3[c-]c(Oc4[c-]c5c(cc4)-c4cc(-c6ccccc6)nn4B(CCC)N5c4cc(C(C)(C)C)ccn4)ccc3)c3ccccc32)c([2H])c1[2H]. The van der Waals surface area contributed by atoms with Crippen molar-refractivity contribution in [3.05, 3.63) is 209 Å². The fourth-order valence-corrected chi connectivity index (χ4v) is 9.88.